The minimum absolute atomic E-state index is 0. The average molecular weight is 148 g/mol. The maximum Gasteiger partial charge on any atom is 0 e. The fourth-order valence-corrected chi connectivity index (χ4v) is 0. The van der Waals surface area contributed by atoms with Gasteiger partial charge >= 0.3 is 0 Å². The van der Waals surface area contributed by atoms with Gasteiger partial charge in [-0.3, -0.25) is 6.79 Å². The molecule has 0 saturated carbocycles. The van der Waals surface area contributed by atoms with Gasteiger partial charge in [0.05, 0.1) is 0 Å². The van der Waals surface area contributed by atoms with Gasteiger partial charge in [-0.2, -0.15) is 7.05 Å². The molecule has 0 rings (SSSR count). The zero-order valence-corrected chi connectivity index (χ0v) is 5.90. The van der Waals surface area contributed by atoms with E-state index in [1.807, 2.05) is 0 Å². The summed E-state index contributed by atoms with van der Waals surface area (Å²) < 4.78 is 0. The topological polar surface area (TPSA) is 40.9 Å². The Morgan fingerprint density at radius 1 is 1.40 bits per heavy atom. The number of hydrogen-bond acceptors (Lipinski definition) is 1. The van der Waals surface area contributed by atoms with E-state index < -0.39 is 0 Å². The van der Waals surface area contributed by atoms with Crippen LogP contribution in [-0.4, -0.2) is 13.8 Å². The first-order chi connectivity index (χ1) is 2.00. The molecule has 0 atom stereocenters. The summed E-state index contributed by atoms with van der Waals surface area (Å²) >= 11 is 0. The third-order valence-electron chi connectivity index (χ3n) is 0. The third-order valence-corrected chi connectivity index (χ3v) is 0. The second-order valence-electron chi connectivity index (χ2n) is 0. The molecule has 1 radical (unpaired) electrons. The van der Waals surface area contributed by atoms with E-state index in [1.165, 1.54) is 7.05 Å². The molecule has 0 heterocycles. The van der Waals surface area contributed by atoms with Crippen LogP contribution in [0.4, 0.5) is 0 Å². The summed E-state index contributed by atoms with van der Waals surface area (Å²) in [5, 5.41) is 0. The number of carbonyl (C=O) groups excluding carboxylic acids is 1. The van der Waals surface area contributed by atoms with E-state index in [0.717, 1.165) is 0 Å². The number of rotatable bonds is 0. The van der Waals surface area contributed by atoms with E-state index >= 15 is 0 Å². The van der Waals surface area contributed by atoms with Crippen LogP contribution in [0.2, 0.25) is 0 Å². The van der Waals surface area contributed by atoms with Gasteiger partial charge in [-0.25, -0.2) is 0 Å². The van der Waals surface area contributed by atoms with Gasteiger partial charge in [0.1, 0.15) is 0 Å². The Morgan fingerprint density at radius 3 is 1.40 bits per heavy atom. The molecule has 29 valence electrons. The molecule has 0 aliphatic rings. The monoisotopic (exact) mass is 148 g/mol. The van der Waals surface area contributed by atoms with Gasteiger partial charge in [0, 0.05) is 32.7 Å². The van der Waals surface area contributed by atoms with Crippen LogP contribution in [-0.2, 0) is 37.5 Å². The van der Waals surface area contributed by atoms with Crippen LogP contribution in [0.5, 0.6) is 0 Å². The Bertz CT molecular complexity index is 9.61. The van der Waals surface area contributed by atoms with Crippen LogP contribution < -0.4 is 0 Å². The van der Waals surface area contributed by atoms with Gasteiger partial charge in [0.2, 0.25) is 0 Å². The van der Waals surface area contributed by atoms with Crippen molar-refractivity contribution in [3.05, 3.63) is 5.73 Å². The Morgan fingerprint density at radius 2 is 1.40 bits per heavy atom. The Balaban J connectivity index is -0.0000000133. The summed E-state index contributed by atoms with van der Waals surface area (Å²) in [7, 11) is 1.25. The van der Waals surface area contributed by atoms with Crippen molar-refractivity contribution in [3.8, 4) is 0 Å². The molecule has 2 nitrogen and oxygen atoms in total. The van der Waals surface area contributed by atoms with Crippen molar-refractivity contribution in [2.45, 2.75) is 0 Å². The van der Waals surface area contributed by atoms with Crippen molar-refractivity contribution in [1.29, 1.82) is 0 Å². The maximum absolute atomic E-state index is 7.75. The predicted molar refractivity (Wildman–Crippen MR) is 17.0 cm³/mol. The molecule has 0 amide bonds. The summed E-state index contributed by atoms with van der Waals surface area (Å²) in [6, 6.07) is 0. The zero-order valence-electron chi connectivity index (χ0n) is 3.06. The second kappa shape index (κ2) is 123. The minimum Gasteiger partial charge on any atom is -0.680 e. The smallest absolute Gasteiger partial charge is 0 e. The summed E-state index contributed by atoms with van der Waals surface area (Å²) in [5.41, 5.74) is 5.75. The van der Waals surface area contributed by atoms with Gasteiger partial charge in [-0.05, 0) is 0 Å². The Kier molecular flexibility index (Phi) is 421. The fourth-order valence-electron chi connectivity index (χ4n) is 0. The molecule has 0 fully saturated rings. The van der Waals surface area contributed by atoms with Crippen molar-refractivity contribution in [2.24, 2.45) is 0 Å². The van der Waals surface area contributed by atoms with E-state index in [0.29, 0.717) is 0 Å². The standard InChI is InChI=1S/CH4N.CHO.Y/c2*1-2;/h2H,1H3;1H;/q2*-1;. The van der Waals surface area contributed by atoms with E-state index in [1.54, 1.807) is 0 Å². The molecule has 0 aliphatic carbocycles. The molecule has 0 saturated heterocycles. The molecule has 1 N–H and O–H groups in total. The van der Waals surface area contributed by atoms with E-state index in [4.69, 9.17) is 10.5 Å². The SMILES string of the molecule is C[NH-].[CH-]=O.[Y]. The van der Waals surface area contributed by atoms with Gasteiger partial charge in [0.15, 0.2) is 0 Å². The Hall–Kier alpha value is 0.734. The molecular weight excluding hydrogens is 143 g/mol. The summed E-state index contributed by atoms with van der Waals surface area (Å²) in [6.45, 7) is 3.25. The quantitative estimate of drug-likeness (QED) is 0.361. The van der Waals surface area contributed by atoms with E-state index in [2.05, 4.69) is 6.79 Å². The molecule has 5 heavy (non-hydrogen) atoms. The van der Waals surface area contributed by atoms with Crippen molar-refractivity contribution in [2.75, 3.05) is 7.05 Å². The second-order valence-corrected chi connectivity index (χ2v) is 0. The van der Waals surface area contributed by atoms with Crippen LogP contribution in [0.15, 0.2) is 0 Å². The molecule has 0 aromatic rings. The summed E-state index contributed by atoms with van der Waals surface area (Å²) in [4.78, 5) is 7.75. The van der Waals surface area contributed by atoms with Gasteiger partial charge in [0.25, 0.3) is 0 Å². The molecule has 0 spiro atoms. The van der Waals surface area contributed by atoms with Crippen LogP contribution in [0.25, 0.3) is 5.73 Å². The third kappa shape index (κ3) is 65.7. The largest absolute Gasteiger partial charge is 0.680 e. The molecule has 0 aliphatic heterocycles. The fraction of sp³-hybridized carbons (Fsp3) is 0.500. The van der Waals surface area contributed by atoms with Crippen LogP contribution in [0, 0.1) is 0 Å². The number of hydrogen-bond donors (Lipinski definition) is 0. The molecule has 3 heteroatoms. The maximum atomic E-state index is 7.75. The van der Waals surface area contributed by atoms with E-state index in [-0.39, 0.29) is 32.7 Å². The first-order valence-corrected chi connectivity index (χ1v) is 0.736. The van der Waals surface area contributed by atoms with Gasteiger partial charge in [-0.15, -0.1) is 0 Å². The van der Waals surface area contributed by atoms with Crippen LogP contribution in [0.1, 0.15) is 0 Å². The average Bonchev–Trinajstić information content (AvgIpc) is 1.50. The summed E-state index contributed by atoms with van der Waals surface area (Å²) in [5.74, 6) is 0. The predicted octanol–water partition coefficient (Wildman–Crippen LogP) is 0.392. The van der Waals surface area contributed by atoms with Crippen molar-refractivity contribution in [3.63, 3.8) is 0 Å². The van der Waals surface area contributed by atoms with Crippen molar-refractivity contribution < 1.29 is 37.5 Å². The van der Waals surface area contributed by atoms with Gasteiger partial charge in [-0.1, -0.05) is 0 Å². The van der Waals surface area contributed by atoms with Crippen molar-refractivity contribution >= 4 is 6.79 Å². The summed E-state index contributed by atoms with van der Waals surface area (Å²) in [6.07, 6.45) is 0. The molecule has 0 aromatic carbocycles. The van der Waals surface area contributed by atoms with Crippen LogP contribution >= 0.6 is 0 Å². The number of nitrogens with one attached hydrogen (secondary N) is 1. The van der Waals surface area contributed by atoms with Crippen molar-refractivity contribution in [1.82, 2.24) is 0 Å². The molecule has 0 aromatic heterocycles. The first kappa shape index (κ1) is 17.2. The normalized spacial score (nSPS) is 2.00. The van der Waals surface area contributed by atoms with Crippen LogP contribution in [0.3, 0.4) is 0 Å². The Labute approximate surface area is 57.0 Å². The molecule has 0 unspecified atom stereocenters. The first-order valence-electron chi connectivity index (χ1n) is 0.736. The molecule has 0 bridgehead atoms. The van der Waals surface area contributed by atoms with E-state index in [9.17, 15) is 0 Å². The molecular formula is C2H5NOY-2. The zero-order chi connectivity index (χ0) is 4.00. The minimum atomic E-state index is 0. The van der Waals surface area contributed by atoms with Gasteiger partial charge < -0.3 is 10.5 Å².